The average molecular weight is 470 g/mol. The van der Waals surface area contributed by atoms with Crippen LogP contribution in [0, 0.1) is 0 Å². The third-order valence-electron chi connectivity index (χ3n) is 4.15. The van der Waals surface area contributed by atoms with Crippen LogP contribution in [0.25, 0.3) is 0 Å². The molecule has 13 heteroatoms. The number of anilines is 1. The van der Waals surface area contributed by atoms with Crippen LogP contribution in [0.5, 0.6) is 5.75 Å². The van der Waals surface area contributed by atoms with Gasteiger partial charge in [-0.05, 0) is 25.1 Å². The molecular weight excluding hydrogens is 447 g/mol. The number of nitrogens with one attached hydrogen (secondary N) is 1. The number of nitrogen functional groups attached to an aromatic ring is 1. The number of hydrogen-bond acceptors (Lipinski definition) is 10. The van der Waals surface area contributed by atoms with E-state index in [0.717, 1.165) is 0 Å². The van der Waals surface area contributed by atoms with Gasteiger partial charge < -0.3 is 19.7 Å². The Bertz CT molecular complexity index is 1010. The zero-order chi connectivity index (χ0) is 22.4. The van der Waals surface area contributed by atoms with Gasteiger partial charge in [-0.3, -0.25) is 13.9 Å². The molecule has 0 radical (unpaired) electrons. The van der Waals surface area contributed by atoms with Crippen LogP contribution in [0.3, 0.4) is 0 Å². The normalized spacial score (nSPS) is 21.2. The zero-order valence-corrected chi connectivity index (χ0v) is 18.6. The third-order valence-corrected chi connectivity index (χ3v) is 6.89. The number of hydrogen-bond donors (Lipinski definition) is 2. The maximum Gasteiger partial charge on any atom is 0.459 e. The molecule has 1 aromatic heterocycles. The summed E-state index contributed by atoms with van der Waals surface area (Å²) in [7, 11) is -2.74. The highest BCUT2D eigenvalue weighted by atomic mass is 32.2. The van der Waals surface area contributed by atoms with E-state index in [4.69, 9.17) is 19.5 Å². The highest BCUT2D eigenvalue weighted by molar-refractivity contribution is 8.00. The fourth-order valence-corrected chi connectivity index (χ4v) is 5.24. The van der Waals surface area contributed by atoms with E-state index in [0.29, 0.717) is 11.5 Å². The number of esters is 1. The highest BCUT2D eigenvalue weighted by Crippen LogP contribution is 2.46. The fraction of sp³-hybridized carbons (Fsp3) is 0.389. The summed E-state index contributed by atoms with van der Waals surface area (Å²) in [6.45, 7) is 1.36. The standard InChI is InChI=1S/C18H23N4O7PS/c1-12(17(23)26-2)21-30(25,29-13-6-4-3-5-7-13)27-10-16-28-15(11-31-16)22-9-8-14(19)20-18(22)24/h3-9,12,15-16H,10-11H2,1-2H3,(H,21,25)(H2,19,20,24)/t12-,15-,16+,30?/m0/s1. The van der Waals surface area contributed by atoms with Crippen LogP contribution in [0.4, 0.5) is 5.82 Å². The van der Waals surface area contributed by atoms with Gasteiger partial charge in [0, 0.05) is 11.9 Å². The van der Waals surface area contributed by atoms with Crippen molar-refractivity contribution < 1.29 is 27.9 Å². The quantitative estimate of drug-likeness (QED) is 0.409. The van der Waals surface area contributed by atoms with Crippen LogP contribution in [-0.4, -0.2) is 46.5 Å². The molecule has 168 valence electrons. The van der Waals surface area contributed by atoms with Crippen molar-refractivity contribution in [1.82, 2.24) is 14.6 Å². The summed E-state index contributed by atoms with van der Waals surface area (Å²) in [6.07, 6.45) is 0.929. The summed E-state index contributed by atoms with van der Waals surface area (Å²) in [5.41, 5.74) is 4.45. The van der Waals surface area contributed by atoms with Crippen LogP contribution < -0.4 is 21.0 Å². The Morgan fingerprint density at radius 3 is 2.84 bits per heavy atom. The molecule has 3 rings (SSSR count). The molecule has 0 bridgehead atoms. The molecule has 1 aliphatic rings. The molecule has 1 saturated heterocycles. The monoisotopic (exact) mass is 470 g/mol. The molecule has 2 heterocycles. The largest absolute Gasteiger partial charge is 0.468 e. The van der Waals surface area contributed by atoms with Crippen molar-refractivity contribution in [3.8, 4) is 5.75 Å². The molecule has 1 unspecified atom stereocenters. The summed E-state index contributed by atoms with van der Waals surface area (Å²) >= 11 is 1.37. The predicted molar refractivity (Wildman–Crippen MR) is 115 cm³/mol. The first-order valence-electron chi connectivity index (χ1n) is 9.26. The number of benzene rings is 1. The van der Waals surface area contributed by atoms with E-state index < -0.39 is 37.1 Å². The lowest BCUT2D eigenvalue weighted by Gasteiger charge is -2.23. The number of carbonyl (C=O) groups excluding carboxylic acids is 1. The second kappa shape index (κ2) is 10.3. The van der Waals surface area contributed by atoms with Crippen molar-refractivity contribution in [1.29, 1.82) is 0 Å². The topological polar surface area (TPSA) is 144 Å². The van der Waals surface area contributed by atoms with Crippen molar-refractivity contribution in [3.05, 3.63) is 53.1 Å². The van der Waals surface area contributed by atoms with Gasteiger partial charge in [0.25, 0.3) is 0 Å². The van der Waals surface area contributed by atoms with Crippen molar-refractivity contribution >= 4 is 31.3 Å². The molecule has 1 aliphatic heterocycles. The molecule has 1 aromatic carbocycles. The summed E-state index contributed by atoms with van der Waals surface area (Å²) in [6, 6.07) is 8.98. The maximum absolute atomic E-state index is 13.3. The highest BCUT2D eigenvalue weighted by Gasteiger charge is 2.35. The Kier molecular flexibility index (Phi) is 7.74. The molecule has 0 spiro atoms. The molecule has 2 aromatic rings. The van der Waals surface area contributed by atoms with E-state index in [1.54, 1.807) is 30.3 Å². The summed E-state index contributed by atoms with van der Waals surface area (Å²) in [4.78, 5) is 27.4. The van der Waals surface area contributed by atoms with E-state index in [9.17, 15) is 14.2 Å². The number of carbonyl (C=O) groups is 1. The first-order valence-corrected chi connectivity index (χ1v) is 11.9. The smallest absolute Gasteiger partial charge is 0.459 e. The van der Waals surface area contributed by atoms with Crippen LogP contribution in [0.1, 0.15) is 13.2 Å². The van der Waals surface area contributed by atoms with E-state index in [-0.39, 0.29) is 12.4 Å². The van der Waals surface area contributed by atoms with Crippen molar-refractivity contribution in [2.24, 2.45) is 0 Å². The first kappa shape index (κ1) is 23.3. The SMILES string of the molecule is COC(=O)[C@H](C)NP(=O)(OC[C@@H]1O[C@H](n2ccc(N)nc2=O)CS1)Oc1ccccc1. The third kappa shape index (κ3) is 6.31. The van der Waals surface area contributed by atoms with Crippen LogP contribution in [0.2, 0.25) is 0 Å². The Labute approximate surface area is 182 Å². The molecule has 0 amide bonds. The lowest BCUT2D eigenvalue weighted by atomic mass is 10.3. The molecule has 11 nitrogen and oxygen atoms in total. The number of thioether (sulfide) groups is 1. The number of nitrogens with zero attached hydrogens (tertiary/aromatic N) is 2. The molecule has 1 fully saturated rings. The summed E-state index contributed by atoms with van der Waals surface area (Å²) in [5.74, 6) is 0.252. The van der Waals surface area contributed by atoms with E-state index in [1.807, 2.05) is 0 Å². The first-order chi connectivity index (χ1) is 14.8. The second-order valence-corrected chi connectivity index (χ2v) is 9.35. The number of methoxy groups -OCH3 is 1. The Hall–Kier alpha value is -2.37. The Balaban J connectivity index is 1.66. The van der Waals surface area contributed by atoms with Gasteiger partial charge in [-0.15, -0.1) is 11.8 Å². The molecular formula is C18H23N4O7PS. The minimum absolute atomic E-state index is 0.122. The van der Waals surface area contributed by atoms with Crippen molar-refractivity contribution in [2.45, 2.75) is 24.6 Å². The molecule has 0 aliphatic carbocycles. The lowest BCUT2D eigenvalue weighted by molar-refractivity contribution is -0.142. The van der Waals surface area contributed by atoms with Gasteiger partial charge in [-0.2, -0.15) is 10.1 Å². The number of aromatic nitrogens is 2. The molecule has 0 saturated carbocycles. The number of rotatable bonds is 9. The van der Waals surface area contributed by atoms with Gasteiger partial charge >= 0.3 is 19.4 Å². The van der Waals surface area contributed by atoms with Gasteiger partial charge in [0.1, 0.15) is 29.3 Å². The lowest BCUT2D eigenvalue weighted by Crippen LogP contribution is -2.35. The summed E-state index contributed by atoms with van der Waals surface area (Å²) < 4.78 is 36.2. The maximum atomic E-state index is 13.3. The zero-order valence-electron chi connectivity index (χ0n) is 16.9. The Morgan fingerprint density at radius 1 is 1.42 bits per heavy atom. The van der Waals surface area contributed by atoms with E-state index >= 15 is 0 Å². The van der Waals surface area contributed by atoms with Gasteiger partial charge in [0.2, 0.25) is 0 Å². The average Bonchev–Trinajstić information content (AvgIpc) is 3.21. The second-order valence-electron chi connectivity index (χ2n) is 6.47. The van der Waals surface area contributed by atoms with Crippen molar-refractivity contribution in [3.63, 3.8) is 0 Å². The minimum atomic E-state index is -3.97. The number of nitrogens with two attached hydrogens (primary N) is 1. The predicted octanol–water partition coefficient (Wildman–Crippen LogP) is 1.77. The van der Waals surface area contributed by atoms with Crippen molar-refractivity contribution in [2.75, 3.05) is 25.2 Å². The Morgan fingerprint density at radius 2 is 2.16 bits per heavy atom. The van der Waals surface area contributed by atoms with Gasteiger partial charge in [0.15, 0.2) is 0 Å². The van der Waals surface area contributed by atoms with Crippen LogP contribution in [-0.2, 0) is 23.4 Å². The molecule has 3 N–H and O–H groups in total. The van der Waals surface area contributed by atoms with Crippen LogP contribution >= 0.6 is 19.5 Å². The number of ether oxygens (including phenoxy) is 2. The van der Waals surface area contributed by atoms with Crippen LogP contribution in [0.15, 0.2) is 47.4 Å². The number of para-hydroxylation sites is 1. The van der Waals surface area contributed by atoms with E-state index in [1.165, 1.54) is 42.6 Å². The minimum Gasteiger partial charge on any atom is -0.468 e. The van der Waals surface area contributed by atoms with E-state index in [2.05, 4.69) is 14.8 Å². The summed E-state index contributed by atoms with van der Waals surface area (Å²) in [5, 5.41) is 2.57. The molecule has 4 atom stereocenters. The van der Waals surface area contributed by atoms with Gasteiger partial charge in [0.05, 0.1) is 13.7 Å². The molecule has 31 heavy (non-hydrogen) atoms. The van der Waals surface area contributed by atoms with Gasteiger partial charge in [-0.1, -0.05) is 18.2 Å². The fourth-order valence-electron chi connectivity index (χ4n) is 2.66. The van der Waals surface area contributed by atoms with Gasteiger partial charge in [-0.25, -0.2) is 9.36 Å².